The highest BCUT2D eigenvalue weighted by atomic mass is 16.5. The van der Waals surface area contributed by atoms with Crippen molar-refractivity contribution in [3.63, 3.8) is 0 Å². The predicted octanol–water partition coefficient (Wildman–Crippen LogP) is -0.315. The summed E-state index contributed by atoms with van der Waals surface area (Å²) in [5, 5.41) is 17.8. The standard InChI is InChI=1S/C7H12O3/c1-5-2-6(9)7(3-8)10-4-5/h2,6-9H,3-4H2,1H3. The molecule has 58 valence electrons. The average Bonchev–Trinajstić information content (AvgIpc) is 1.88. The van der Waals surface area contributed by atoms with Crippen molar-refractivity contribution in [3.8, 4) is 0 Å². The van der Waals surface area contributed by atoms with Crippen molar-refractivity contribution in [1.82, 2.24) is 0 Å². The second-order valence-corrected chi connectivity index (χ2v) is 2.54. The summed E-state index contributed by atoms with van der Waals surface area (Å²) < 4.78 is 5.08. The molecule has 0 aromatic heterocycles. The average molecular weight is 144 g/mol. The molecule has 0 aromatic rings. The third-order valence-corrected chi connectivity index (χ3v) is 1.54. The summed E-state index contributed by atoms with van der Waals surface area (Å²) in [6, 6.07) is 0. The second kappa shape index (κ2) is 3.14. The highest BCUT2D eigenvalue weighted by molar-refractivity contribution is 5.07. The first kappa shape index (κ1) is 7.72. The van der Waals surface area contributed by atoms with Crippen LogP contribution >= 0.6 is 0 Å². The molecule has 0 spiro atoms. The second-order valence-electron chi connectivity index (χ2n) is 2.54. The van der Waals surface area contributed by atoms with Gasteiger partial charge in [0.05, 0.1) is 13.2 Å². The Morgan fingerprint density at radius 1 is 1.80 bits per heavy atom. The molecule has 1 heterocycles. The minimum Gasteiger partial charge on any atom is -0.394 e. The molecule has 1 aliphatic heterocycles. The van der Waals surface area contributed by atoms with Gasteiger partial charge in [0, 0.05) is 0 Å². The molecule has 3 heteroatoms. The molecule has 0 bridgehead atoms. The van der Waals surface area contributed by atoms with Gasteiger partial charge >= 0.3 is 0 Å². The minimum atomic E-state index is -0.640. The van der Waals surface area contributed by atoms with E-state index >= 15 is 0 Å². The van der Waals surface area contributed by atoms with Crippen molar-refractivity contribution < 1.29 is 14.9 Å². The first-order valence-electron chi connectivity index (χ1n) is 3.32. The molecule has 0 amide bonds. The van der Waals surface area contributed by atoms with Crippen LogP contribution in [0.5, 0.6) is 0 Å². The van der Waals surface area contributed by atoms with E-state index in [1.165, 1.54) is 0 Å². The maximum Gasteiger partial charge on any atom is 0.110 e. The van der Waals surface area contributed by atoms with E-state index in [0.29, 0.717) is 6.61 Å². The van der Waals surface area contributed by atoms with Crippen molar-refractivity contribution in [1.29, 1.82) is 0 Å². The normalized spacial score (nSPS) is 33.7. The number of rotatable bonds is 1. The molecule has 0 radical (unpaired) electrons. The molecule has 1 rings (SSSR count). The fourth-order valence-corrected chi connectivity index (χ4v) is 0.945. The van der Waals surface area contributed by atoms with E-state index in [9.17, 15) is 5.11 Å². The minimum absolute atomic E-state index is 0.120. The highest BCUT2D eigenvalue weighted by Gasteiger charge is 2.20. The third-order valence-electron chi connectivity index (χ3n) is 1.54. The maximum atomic E-state index is 9.18. The summed E-state index contributed by atoms with van der Waals surface area (Å²) >= 11 is 0. The van der Waals surface area contributed by atoms with Gasteiger partial charge in [-0.2, -0.15) is 0 Å². The maximum absolute atomic E-state index is 9.18. The summed E-state index contributed by atoms with van der Waals surface area (Å²) in [5.41, 5.74) is 1.01. The lowest BCUT2D eigenvalue weighted by atomic mass is 10.1. The molecule has 0 aliphatic carbocycles. The zero-order chi connectivity index (χ0) is 7.56. The lowest BCUT2D eigenvalue weighted by molar-refractivity contribution is -0.0477. The Balaban J connectivity index is 2.55. The third kappa shape index (κ3) is 1.56. The summed E-state index contributed by atoms with van der Waals surface area (Å²) in [6.07, 6.45) is 0.646. The SMILES string of the molecule is CC1=CC(O)C(CO)OC1. The summed E-state index contributed by atoms with van der Waals surface area (Å²) in [5.74, 6) is 0. The number of aliphatic hydroxyl groups excluding tert-OH is 2. The number of ether oxygens (including phenoxy) is 1. The molecular formula is C7H12O3. The summed E-state index contributed by atoms with van der Waals surface area (Å²) in [6.45, 7) is 2.28. The van der Waals surface area contributed by atoms with Crippen molar-refractivity contribution in [3.05, 3.63) is 11.6 Å². The van der Waals surface area contributed by atoms with Gasteiger partial charge in [0.15, 0.2) is 0 Å². The first-order valence-corrected chi connectivity index (χ1v) is 3.32. The van der Waals surface area contributed by atoms with Gasteiger partial charge in [-0.3, -0.25) is 0 Å². The van der Waals surface area contributed by atoms with Gasteiger partial charge < -0.3 is 14.9 Å². The molecule has 0 fully saturated rings. The number of hydrogen-bond acceptors (Lipinski definition) is 3. The number of aliphatic hydroxyl groups is 2. The molecule has 2 atom stereocenters. The van der Waals surface area contributed by atoms with Crippen LogP contribution < -0.4 is 0 Å². The number of hydrogen-bond donors (Lipinski definition) is 2. The lowest BCUT2D eigenvalue weighted by Crippen LogP contribution is -2.34. The van der Waals surface area contributed by atoms with Crippen LogP contribution in [-0.2, 0) is 4.74 Å². The quantitative estimate of drug-likeness (QED) is 0.496. The molecule has 0 saturated carbocycles. The lowest BCUT2D eigenvalue weighted by Gasteiger charge is -2.24. The fourth-order valence-electron chi connectivity index (χ4n) is 0.945. The summed E-state index contributed by atoms with van der Waals surface area (Å²) in [7, 11) is 0. The van der Waals surface area contributed by atoms with E-state index < -0.39 is 12.2 Å². The predicted molar refractivity (Wildman–Crippen MR) is 36.6 cm³/mol. The smallest absolute Gasteiger partial charge is 0.110 e. The molecule has 1 aliphatic rings. The monoisotopic (exact) mass is 144 g/mol. The molecule has 2 N–H and O–H groups in total. The highest BCUT2D eigenvalue weighted by Crippen LogP contribution is 2.11. The fraction of sp³-hybridized carbons (Fsp3) is 0.714. The van der Waals surface area contributed by atoms with E-state index in [-0.39, 0.29) is 6.61 Å². The van der Waals surface area contributed by atoms with Gasteiger partial charge in [-0.15, -0.1) is 0 Å². The van der Waals surface area contributed by atoms with Gasteiger partial charge in [0.1, 0.15) is 12.2 Å². The molecule has 3 nitrogen and oxygen atoms in total. The Morgan fingerprint density at radius 3 is 3.00 bits per heavy atom. The van der Waals surface area contributed by atoms with Gasteiger partial charge in [-0.1, -0.05) is 6.08 Å². The Hall–Kier alpha value is -0.380. The van der Waals surface area contributed by atoms with Gasteiger partial charge in [-0.05, 0) is 12.5 Å². The zero-order valence-corrected chi connectivity index (χ0v) is 5.95. The van der Waals surface area contributed by atoms with E-state index in [0.717, 1.165) is 5.57 Å². The Kier molecular flexibility index (Phi) is 2.43. The van der Waals surface area contributed by atoms with Crippen molar-refractivity contribution in [2.24, 2.45) is 0 Å². The van der Waals surface area contributed by atoms with Crippen LogP contribution in [0.4, 0.5) is 0 Å². The molecule has 0 saturated heterocycles. The van der Waals surface area contributed by atoms with Crippen molar-refractivity contribution >= 4 is 0 Å². The van der Waals surface area contributed by atoms with E-state index in [2.05, 4.69) is 0 Å². The van der Waals surface area contributed by atoms with Gasteiger partial charge in [0.2, 0.25) is 0 Å². The Labute approximate surface area is 59.9 Å². The molecular weight excluding hydrogens is 132 g/mol. The van der Waals surface area contributed by atoms with Crippen LogP contribution in [0.15, 0.2) is 11.6 Å². The molecule has 0 aromatic carbocycles. The van der Waals surface area contributed by atoms with Crippen LogP contribution in [0.3, 0.4) is 0 Å². The Morgan fingerprint density at radius 2 is 2.50 bits per heavy atom. The largest absolute Gasteiger partial charge is 0.394 e. The van der Waals surface area contributed by atoms with Gasteiger partial charge in [-0.25, -0.2) is 0 Å². The zero-order valence-electron chi connectivity index (χ0n) is 5.95. The van der Waals surface area contributed by atoms with E-state index in [1.807, 2.05) is 6.92 Å². The van der Waals surface area contributed by atoms with E-state index in [1.54, 1.807) is 6.08 Å². The van der Waals surface area contributed by atoms with Gasteiger partial charge in [0.25, 0.3) is 0 Å². The van der Waals surface area contributed by atoms with E-state index in [4.69, 9.17) is 9.84 Å². The van der Waals surface area contributed by atoms with Crippen LogP contribution in [0.25, 0.3) is 0 Å². The Bertz CT molecular complexity index is 142. The van der Waals surface area contributed by atoms with Crippen LogP contribution in [0.2, 0.25) is 0 Å². The topological polar surface area (TPSA) is 49.7 Å². The van der Waals surface area contributed by atoms with Crippen LogP contribution in [0, 0.1) is 0 Å². The van der Waals surface area contributed by atoms with Crippen LogP contribution in [0.1, 0.15) is 6.92 Å². The molecule has 2 unspecified atom stereocenters. The molecule has 10 heavy (non-hydrogen) atoms. The first-order chi connectivity index (χ1) is 4.74. The van der Waals surface area contributed by atoms with Crippen LogP contribution in [-0.4, -0.2) is 35.6 Å². The van der Waals surface area contributed by atoms with Crippen molar-refractivity contribution in [2.75, 3.05) is 13.2 Å². The van der Waals surface area contributed by atoms with Crippen molar-refractivity contribution in [2.45, 2.75) is 19.1 Å². The summed E-state index contributed by atoms with van der Waals surface area (Å²) in [4.78, 5) is 0.